The van der Waals surface area contributed by atoms with Crippen LogP contribution in [0.2, 0.25) is 0 Å². The van der Waals surface area contributed by atoms with Crippen molar-refractivity contribution < 1.29 is 19.0 Å². The topological polar surface area (TPSA) is 60.0 Å². The van der Waals surface area contributed by atoms with Crippen molar-refractivity contribution in [3.05, 3.63) is 47.0 Å². The zero-order valence-corrected chi connectivity index (χ0v) is 17.0. The van der Waals surface area contributed by atoms with E-state index in [1.807, 2.05) is 12.1 Å². The average Bonchev–Trinajstić information content (AvgIpc) is 2.72. The molecule has 0 saturated carbocycles. The number of anilines is 1. The van der Waals surface area contributed by atoms with E-state index in [0.717, 1.165) is 38.2 Å². The Hall–Kier alpha value is -2.73. The molecule has 0 fully saturated rings. The summed E-state index contributed by atoms with van der Waals surface area (Å²) in [6.07, 6.45) is 2.08. The van der Waals surface area contributed by atoms with Crippen LogP contribution in [0.25, 0.3) is 0 Å². The largest absolute Gasteiger partial charge is 0.493 e. The molecule has 0 spiro atoms. The van der Waals surface area contributed by atoms with Crippen molar-refractivity contribution in [2.75, 3.05) is 39.7 Å². The number of nitrogens with one attached hydrogen (secondary N) is 1. The van der Waals surface area contributed by atoms with E-state index in [0.29, 0.717) is 22.8 Å². The number of methoxy groups -OCH3 is 3. The maximum atomic E-state index is 12.9. The molecular weight excluding hydrogens is 356 g/mol. The average molecular weight is 384 g/mol. The number of hydrogen-bond donors (Lipinski definition) is 1. The Balaban J connectivity index is 1.86. The number of ether oxygens (including phenoxy) is 3. The molecule has 0 unspecified atom stereocenters. The summed E-state index contributed by atoms with van der Waals surface area (Å²) in [5.74, 6) is 1.17. The Morgan fingerprint density at radius 3 is 2.43 bits per heavy atom. The molecule has 0 radical (unpaired) electrons. The second-order valence-corrected chi connectivity index (χ2v) is 6.84. The van der Waals surface area contributed by atoms with Gasteiger partial charge in [0.25, 0.3) is 5.91 Å². The maximum Gasteiger partial charge on any atom is 0.255 e. The Kier molecular flexibility index (Phi) is 6.41. The molecule has 1 aliphatic rings. The van der Waals surface area contributed by atoms with Crippen LogP contribution in [0, 0.1) is 0 Å². The summed E-state index contributed by atoms with van der Waals surface area (Å²) in [5.41, 5.74) is 3.82. The molecule has 1 heterocycles. The Labute approximate surface area is 166 Å². The highest BCUT2D eigenvalue weighted by molar-refractivity contribution is 6.05. The third kappa shape index (κ3) is 4.07. The molecule has 3 rings (SSSR count). The van der Waals surface area contributed by atoms with Crippen molar-refractivity contribution in [3.63, 3.8) is 0 Å². The highest BCUT2D eigenvalue weighted by Crippen LogP contribution is 2.38. The Bertz CT molecular complexity index is 825. The van der Waals surface area contributed by atoms with E-state index in [1.165, 1.54) is 32.5 Å². The van der Waals surface area contributed by atoms with E-state index < -0.39 is 0 Å². The van der Waals surface area contributed by atoms with Gasteiger partial charge in [-0.2, -0.15) is 0 Å². The fourth-order valence-electron chi connectivity index (χ4n) is 3.70. The number of benzene rings is 2. The quantitative estimate of drug-likeness (QED) is 0.788. The van der Waals surface area contributed by atoms with Crippen LogP contribution in [0.3, 0.4) is 0 Å². The van der Waals surface area contributed by atoms with Gasteiger partial charge in [0.15, 0.2) is 11.5 Å². The van der Waals surface area contributed by atoms with Crippen LogP contribution in [-0.4, -0.2) is 45.2 Å². The lowest BCUT2D eigenvalue weighted by Gasteiger charge is -2.29. The summed E-state index contributed by atoms with van der Waals surface area (Å²) in [6, 6.07) is 9.43. The Morgan fingerprint density at radius 1 is 1.11 bits per heavy atom. The highest BCUT2D eigenvalue weighted by atomic mass is 16.5. The summed E-state index contributed by atoms with van der Waals surface area (Å²) in [6.45, 7) is 5.24. The third-order valence-electron chi connectivity index (χ3n) is 5.06. The minimum Gasteiger partial charge on any atom is -0.493 e. The normalized spacial score (nSPS) is 13.6. The van der Waals surface area contributed by atoms with Gasteiger partial charge in [0.2, 0.25) is 5.75 Å². The molecule has 0 aliphatic carbocycles. The van der Waals surface area contributed by atoms with Gasteiger partial charge in [-0.1, -0.05) is 19.1 Å². The van der Waals surface area contributed by atoms with Gasteiger partial charge in [0.05, 0.1) is 21.3 Å². The number of carbonyl (C=O) groups excluding carboxylic acids is 1. The van der Waals surface area contributed by atoms with Crippen LogP contribution in [-0.2, 0) is 13.0 Å². The van der Waals surface area contributed by atoms with E-state index >= 15 is 0 Å². The zero-order chi connectivity index (χ0) is 20.1. The van der Waals surface area contributed by atoms with Gasteiger partial charge in [-0.3, -0.25) is 9.69 Å². The fraction of sp³-hybridized carbons (Fsp3) is 0.409. The lowest BCUT2D eigenvalue weighted by Crippen LogP contribution is -2.31. The first-order valence-corrected chi connectivity index (χ1v) is 9.55. The van der Waals surface area contributed by atoms with Crippen LogP contribution >= 0.6 is 0 Å². The summed E-state index contributed by atoms with van der Waals surface area (Å²) in [4.78, 5) is 15.4. The number of hydrogen-bond acceptors (Lipinski definition) is 5. The van der Waals surface area contributed by atoms with E-state index in [1.54, 1.807) is 12.1 Å². The fourth-order valence-corrected chi connectivity index (χ4v) is 3.70. The van der Waals surface area contributed by atoms with Crippen LogP contribution < -0.4 is 19.5 Å². The predicted molar refractivity (Wildman–Crippen MR) is 110 cm³/mol. The molecule has 1 amide bonds. The maximum absolute atomic E-state index is 12.9. The smallest absolute Gasteiger partial charge is 0.255 e. The van der Waals surface area contributed by atoms with Crippen LogP contribution in [0.4, 0.5) is 5.69 Å². The summed E-state index contributed by atoms with van der Waals surface area (Å²) in [7, 11) is 4.61. The minimum absolute atomic E-state index is 0.205. The molecule has 1 N–H and O–H groups in total. The second kappa shape index (κ2) is 8.97. The standard InChI is InChI=1S/C22H28N2O4/c1-5-10-24-11-9-17-15(14-24)7-6-8-18(17)23-22(25)16-12-19(26-2)21(28-4)20(13-16)27-3/h6-8,12-13H,5,9-11,14H2,1-4H3,(H,23,25). The molecule has 2 aromatic rings. The van der Waals surface area contributed by atoms with Gasteiger partial charge in [-0.05, 0) is 48.7 Å². The van der Waals surface area contributed by atoms with E-state index in [9.17, 15) is 4.79 Å². The molecule has 1 aliphatic heterocycles. The third-order valence-corrected chi connectivity index (χ3v) is 5.06. The summed E-state index contributed by atoms with van der Waals surface area (Å²) < 4.78 is 16.0. The first-order chi connectivity index (χ1) is 13.6. The molecular formula is C22H28N2O4. The van der Waals surface area contributed by atoms with E-state index in [2.05, 4.69) is 23.2 Å². The molecule has 6 heteroatoms. The lowest BCUT2D eigenvalue weighted by atomic mass is 9.97. The van der Waals surface area contributed by atoms with Gasteiger partial charge in [0.1, 0.15) is 0 Å². The van der Waals surface area contributed by atoms with Crippen molar-refractivity contribution >= 4 is 11.6 Å². The van der Waals surface area contributed by atoms with Crippen LogP contribution in [0.15, 0.2) is 30.3 Å². The first-order valence-electron chi connectivity index (χ1n) is 9.55. The van der Waals surface area contributed by atoms with Gasteiger partial charge >= 0.3 is 0 Å². The highest BCUT2D eigenvalue weighted by Gasteiger charge is 2.21. The van der Waals surface area contributed by atoms with Crippen LogP contribution in [0.5, 0.6) is 17.2 Å². The lowest BCUT2D eigenvalue weighted by molar-refractivity contribution is 0.102. The number of rotatable bonds is 7. The van der Waals surface area contributed by atoms with Gasteiger partial charge in [-0.25, -0.2) is 0 Å². The molecule has 28 heavy (non-hydrogen) atoms. The molecule has 2 aromatic carbocycles. The predicted octanol–water partition coefficient (Wildman–Crippen LogP) is 3.73. The monoisotopic (exact) mass is 384 g/mol. The van der Waals surface area contributed by atoms with Crippen molar-refractivity contribution in [2.45, 2.75) is 26.3 Å². The molecule has 0 aromatic heterocycles. The number of carbonyl (C=O) groups is 1. The molecule has 0 saturated heterocycles. The molecule has 0 atom stereocenters. The van der Waals surface area contributed by atoms with Crippen molar-refractivity contribution in [2.24, 2.45) is 0 Å². The summed E-state index contributed by atoms with van der Waals surface area (Å²) >= 11 is 0. The van der Waals surface area contributed by atoms with Gasteiger partial charge in [-0.15, -0.1) is 0 Å². The van der Waals surface area contributed by atoms with Gasteiger partial charge in [0, 0.05) is 24.3 Å². The van der Waals surface area contributed by atoms with E-state index in [4.69, 9.17) is 14.2 Å². The number of fused-ring (bicyclic) bond motifs is 1. The van der Waals surface area contributed by atoms with Gasteiger partial charge < -0.3 is 19.5 Å². The molecule has 150 valence electrons. The first kappa shape index (κ1) is 20.0. The number of nitrogens with zero attached hydrogens (tertiary/aromatic N) is 1. The SMILES string of the molecule is CCCN1CCc2c(cccc2NC(=O)c2cc(OC)c(OC)c(OC)c2)C1. The zero-order valence-electron chi connectivity index (χ0n) is 17.0. The minimum atomic E-state index is -0.205. The van der Waals surface area contributed by atoms with Crippen LogP contribution in [0.1, 0.15) is 34.8 Å². The van der Waals surface area contributed by atoms with Crippen molar-refractivity contribution in [3.8, 4) is 17.2 Å². The van der Waals surface area contributed by atoms with E-state index in [-0.39, 0.29) is 5.91 Å². The van der Waals surface area contributed by atoms with Crippen molar-refractivity contribution in [1.29, 1.82) is 0 Å². The Morgan fingerprint density at radius 2 is 1.82 bits per heavy atom. The number of amides is 1. The molecule has 6 nitrogen and oxygen atoms in total. The summed E-state index contributed by atoms with van der Waals surface area (Å²) in [5, 5.41) is 3.06. The molecule has 0 bridgehead atoms. The second-order valence-electron chi connectivity index (χ2n) is 6.84. The van der Waals surface area contributed by atoms with Crippen molar-refractivity contribution in [1.82, 2.24) is 4.90 Å².